The van der Waals surface area contributed by atoms with Gasteiger partial charge in [-0.25, -0.2) is 0 Å². The number of methoxy groups -OCH3 is 2. The minimum Gasteiger partial charge on any atom is -0.493 e. The van der Waals surface area contributed by atoms with Crippen LogP contribution in [0, 0.1) is 5.92 Å². The van der Waals surface area contributed by atoms with E-state index in [4.69, 9.17) is 21.7 Å². The average Bonchev–Trinajstić information content (AvgIpc) is 2.60. The smallest absolute Gasteiger partial charge is 0.226 e. The van der Waals surface area contributed by atoms with E-state index in [0.717, 1.165) is 12.1 Å². The molecule has 0 unspecified atom stereocenters. The van der Waals surface area contributed by atoms with Crippen molar-refractivity contribution in [3.05, 3.63) is 18.2 Å². The second-order valence-electron chi connectivity index (χ2n) is 6.11. The van der Waals surface area contributed by atoms with Gasteiger partial charge in [-0.2, -0.15) is 0 Å². The Kier molecular flexibility index (Phi) is 7.31. The fraction of sp³-hybridized carbons (Fsp3) is 0.556. The van der Waals surface area contributed by atoms with Gasteiger partial charge in [0.1, 0.15) is 0 Å². The van der Waals surface area contributed by atoms with Crippen LogP contribution in [0.5, 0.6) is 11.5 Å². The summed E-state index contributed by atoms with van der Waals surface area (Å²) in [4.78, 5) is 12.0. The molecule has 1 aromatic carbocycles. The second kappa shape index (κ2) is 9.47. The third-order valence-corrected chi connectivity index (χ3v) is 4.60. The van der Waals surface area contributed by atoms with Crippen LogP contribution < -0.4 is 20.1 Å². The number of thiocarbonyl (C=S) groups is 1. The Morgan fingerprint density at radius 1 is 1.17 bits per heavy atom. The van der Waals surface area contributed by atoms with Crippen LogP contribution in [0.25, 0.3) is 0 Å². The summed E-state index contributed by atoms with van der Waals surface area (Å²) in [6, 6.07) is 5.38. The Morgan fingerprint density at radius 3 is 2.54 bits per heavy atom. The Labute approximate surface area is 149 Å². The maximum absolute atomic E-state index is 12.0. The molecular formula is C18H26N2O3S. The first-order valence-electron chi connectivity index (χ1n) is 8.45. The van der Waals surface area contributed by atoms with Crippen molar-refractivity contribution in [2.45, 2.75) is 44.9 Å². The Morgan fingerprint density at radius 2 is 1.88 bits per heavy atom. The lowest BCUT2D eigenvalue weighted by Gasteiger charge is -2.21. The molecule has 1 aromatic rings. The maximum atomic E-state index is 12.0. The number of ether oxygens (including phenoxy) is 2. The minimum absolute atomic E-state index is 0.0291. The average molecular weight is 350 g/mol. The molecule has 5 nitrogen and oxygen atoms in total. The summed E-state index contributed by atoms with van der Waals surface area (Å²) in [5.74, 6) is 1.91. The molecule has 132 valence electrons. The number of carbonyl (C=O) groups excluding carboxylic acids is 1. The number of hydrogen-bond acceptors (Lipinski definition) is 4. The third-order valence-electron chi connectivity index (χ3n) is 4.40. The van der Waals surface area contributed by atoms with E-state index in [-0.39, 0.29) is 5.91 Å². The van der Waals surface area contributed by atoms with E-state index in [1.54, 1.807) is 26.4 Å². The summed E-state index contributed by atoms with van der Waals surface area (Å²) in [5.41, 5.74) is 0.741. The minimum atomic E-state index is -0.0291. The molecule has 0 spiro atoms. The van der Waals surface area contributed by atoms with Crippen LogP contribution in [-0.2, 0) is 4.79 Å². The van der Waals surface area contributed by atoms with E-state index in [1.165, 1.54) is 32.1 Å². The predicted octanol–water partition coefficient (Wildman–Crippen LogP) is 3.88. The van der Waals surface area contributed by atoms with Crippen molar-refractivity contribution < 1.29 is 14.3 Å². The quantitative estimate of drug-likeness (QED) is 0.763. The normalized spacial score (nSPS) is 14.8. The van der Waals surface area contributed by atoms with Crippen molar-refractivity contribution in [1.29, 1.82) is 0 Å². The first-order chi connectivity index (χ1) is 11.6. The molecule has 1 aliphatic rings. The van der Waals surface area contributed by atoms with Gasteiger partial charge in [0.05, 0.1) is 14.2 Å². The molecule has 0 saturated heterocycles. The molecule has 0 aromatic heterocycles. The molecule has 0 atom stereocenters. The van der Waals surface area contributed by atoms with E-state index >= 15 is 0 Å². The van der Waals surface area contributed by atoms with E-state index in [9.17, 15) is 4.79 Å². The molecule has 1 aliphatic carbocycles. The van der Waals surface area contributed by atoms with Crippen molar-refractivity contribution in [2.75, 3.05) is 19.5 Å². The Hall–Kier alpha value is -1.82. The molecule has 2 rings (SSSR count). The maximum Gasteiger partial charge on any atom is 0.226 e. The van der Waals surface area contributed by atoms with Crippen molar-refractivity contribution >= 4 is 28.9 Å². The summed E-state index contributed by atoms with van der Waals surface area (Å²) in [6.45, 7) is 0. The zero-order chi connectivity index (χ0) is 17.4. The fourth-order valence-electron chi connectivity index (χ4n) is 3.08. The standard InChI is InChI=1S/C18H26N2O3S/c1-22-15-10-9-14(12-16(15)23-2)19-18(24)20-17(21)11-8-13-6-4-3-5-7-13/h9-10,12-13H,3-8,11H2,1-2H3,(H2,19,20,21,24). The fourth-order valence-corrected chi connectivity index (χ4v) is 3.31. The van der Waals surface area contributed by atoms with Gasteiger partial charge in [0.15, 0.2) is 16.6 Å². The van der Waals surface area contributed by atoms with E-state index in [2.05, 4.69) is 10.6 Å². The molecule has 24 heavy (non-hydrogen) atoms. The van der Waals surface area contributed by atoms with Crippen molar-refractivity contribution in [2.24, 2.45) is 5.92 Å². The van der Waals surface area contributed by atoms with Gasteiger partial charge in [0, 0.05) is 18.2 Å². The number of hydrogen-bond donors (Lipinski definition) is 2. The second-order valence-corrected chi connectivity index (χ2v) is 6.52. The zero-order valence-electron chi connectivity index (χ0n) is 14.4. The molecule has 1 fully saturated rings. The molecule has 1 amide bonds. The van der Waals surface area contributed by atoms with Crippen LogP contribution in [0.15, 0.2) is 18.2 Å². The summed E-state index contributed by atoms with van der Waals surface area (Å²) >= 11 is 5.21. The lowest BCUT2D eigenvalue weighted by atomic mass is 9.86. The molecule has 0 aliphatic heterocycles. The Balaban J connectivity index is 1.78. The van der Waals surface area contributed by atoms with E-state index < -0.39 is 0 Å². The topological polar surface area (TPSA) is 59.6 Å². The van der Waals surface area contributed by atoms with Gasteiger partial charge in [0.2, 0.25) is 5.91 Å². The highest BCUT2D eigenvalue weighted by molar-refractivity contribution is 7.80. The van der Waals surface area contributed by atoms with Gasteiger partial charge in [0.25, 0.3) is 0 Å². The highest BCUT2D eigenvalue weighted by Gasteiger charge is 2.15. The van der Waals surface area contributed by atoms with Crippen molar-refractivity contribution in [3.63, 3.8) is 0 Å². The summed E-state index contributed by atoms with van der Waals surface area (Å²) in [5, 5.41) is 6.05. The third kappa shape index (κ3) is 5.67. The summed E-state index contributed by atoms with van der Waals surface area (Å²) in [6.07, 6.45) is 7.91. The summed E-state index contributed by atoms with van der Waals surface area (Å²) in [7, 11) is 3.16. The molecule has 2 N–H and O–H groups in total. The zero-order valence-corrected chi connectivity index (χ0v) is 15.2. The lowest BCUT2D eigenvalue weighted by Crippen LogP contribution is -2.34. The van der Waals surface area contributed by atoms with Crippen LogP contribution >= 0.6 is 12.2 Å². The molecule has 6 heteroatoms. The van der Waals surface area contributed by atoms with Crippen molar-refractivity contribution in [1.82, 2.24) is 5.32 Å². The number of anilines is 1. The van der Waals surface area contributed by atoms with Gasteiger partial charge < -0.3 is 20.1 Å². The highest BCUT2D eigenvalue weighted by atomic mass is 32.1. The van der Waals surface area contributed by atoms with Crippen LogP contribution in [0.3, 0.4) is 0 Å². The molecular weight excluding hydrogens is 324 g/mol. The number of carbonyl (C=O) groups is 1. The molecule has 0 bridgehead atoms. The van der Waals surface area contributed by atoms with Gasteiger partial charge in [-0.05, 0) is 36.7 Å². The molecule has 0 radical (unpaired) electrons. The number of amides is 1. The van der Waals surface area contributed by atoms with Crippen LogP contribution in [0.2, 0.25) is 0 Å². The lowest BCUT2D eigenvalue weighted by molar-refractivity contribution is -0.120. The monoisotopic (exact) mass is 350 g/mol. The summed E-state index contributed by atoms with van der Waals surface area (Å²) < 4.78 is 10.4. The molecule has 1 saturated carbocycles. The SMILES string of the molecule is COc1ccc(NC(=S)NC(=O)CCC2CCCCC2)cc1OC. The predicted molar refractivity (Wildman–Crippen MR) is 99.7 cm³/mol. The van der Waals surface area contributed by atoms with Crippen LogP contribution in [0.1, 0.15) is 44.9 Å². The first-order valence-corrected chi connectivity index (χ1v) is 8.86. The van der Waals surface area contributed by atoms with Crippen LogP contribution in [0.4, 0.5) is 5.69 Å². The van der Waals surface area contributed by atoms with Crippen LogP contribution in [-0.4, -0.2) is 25.2 Å². The van der Waals surface area contributed by atoms with Crippen molar-refractivity contribution in [3.8, 4) is 11.5 Å². The van der Waals surface area contributed by atoms with E-state index in [0.29, 0.717) is 29.0 Å². The number of rotatable bonds is 6. The number of benzene rings is 1. The largest absolute Gasteiger partial charge is 0.493 e. The van der Waals surface area contributed by atoms with Gasteiger partial charge in [-0.3, -0.25) is 4.79 Å². The molecule has 0 heterocycles. The number of nitrogens with one attached hydrogen (secondary N) is 2. The highest BCUT2D eigenvalue weighted by Crippen LogP contribution is 2.30. The van der Waals surface area contributed by atoms with Gasteiger partial charge in [-0.1, -0.05) is 32.1 Å². The van der Waals surface area contributed by atoms with E-state index in [1.807, 2.05) is 6.07 Å². The van der Waals surface area contributed by atoms with Gasteiger partial charge in [-0.15, -0.1) is 0 Å². The Bertz CT molecular complexity index is 571. The van der Waals surface area contributed by atoms with Gasteiger partial charge >= 0.3 is 0 Å². The first kappa shape index (κ1) is 18.5.